The Hall–Kier alpha value is -2.21. The van der Waals surface area contributed by atoms with Crippen molar-refractivity contribution < 1.29 is 9.32 Å². The summed E-state index contributed by atoms with van der Waals surface area (Å²) in [5, 5.41) is 4.09. The fraction of sp³-hybridized carbons (Fsp3) is 0.400. The van der Waals surface area contributed by atoms with Gasteiger partial charge in [-0.3, -0.25) is 14.7 Å². The lowest BCUT2D eigenvalue weighted by atomic mass is 10.2. The van der Waals surface area contributed by atoms with E-state index in [-0.39, 0.29) is 5.91 Å². The van der Waals surface area contributed by atoms with E-state index in [2.05, 4.69) is 15.0 Å². The Kier molecular flexibility index (Phi) is 3.96. The Bertz CT molecular complexity index is 603. The average Bonchev–Trinajstić information content (AvgIpc) is 2.97. The molecule has 1 saturated heterocycles. The first-order valence-electron chi connectivity index (χ1n) is 7.06. The minimum atomic E-state index is 0.146. The number of aromatic nitrogens is 2. The molecule has 2 aromatic rings. The molecule has 1 aliphatic rings. The molecule has 0 aliphatic carbocycles. The van der Waals surface area contributed by atoms with Gasteiger partial charge in [-0.25, -0.2) is 0 Å². The monoisotopic (exact) mass is 286 g/mol. The van der Waals surface area contributed by atoms with Crippen LogP contribution in [0.4, 0.5) is 0 Å². The van der Waals surface area contributed by atoms with Crippen molar-refractivity contribution in [1.82, 2.24) is 19.9 Å². The maximum Gasteiger partial charge on any atom is 0.219 e. The van der Waals surface area contributed by atoms with Crippen molar-refractivity contribution in [3.05, 3.63) is 36.4 Å². The van der Waals surface area contributed by atoms with Crippen molar-refractivity contribution in [2.24, 2.45) is 0 Å². The summed E-state index contributed by atoms with van der Waals surface area (Å²) >= 11 is 0. The van der Waals surface area contributed by atoms with Gasteiger partial charge in [-0.15, -0.1) is 0 Å². The first kappa shape index (κ1) is 13.8. The molecule has 0 radical (unpaired) electrons. The lowest BCUT2D eigenvalue weighted by Crippen LogP contribution is -2.47. The maximum absolute atomic E-state index is 11.3. The molecular formula is C15H18N4O2. The molecule has 110 valence electrons. The van der Waals surface area contributed by atoms with Crippen LogP contribution in [0.5, 0.6) is 0 Å². The van der Waals surface area contributed by atoms with Crippen LogP contribution in [0.1, 0.15) is 12.7 Å². The molecule has 6 nitrogen and oxygen atoms in total. The molecule has 0 N–H and O–H groups in total. The van der Waals surface area contributed by atoms with E-state index in [9.17, 15) is 4.79 Å². The minimum absolute atomic E-state index is 0.146. The van der Waals surface area contributed by atoms with E-state index in [0.29, 0.717) is 0 Å². The molecular weight excluding hydrogens is 268 g/mol. The molecule has 1 fully saturated rings. The number of amides is 1. The Morgan fingerprint density at radius 1 is 1.33 bits per heavy atom. The number of carbonyl (C=O) groups is 1. The van der Waals surface area contributed by atoms with Crippen LogP contribution in [0.15, 0.2) is 35.1 Å². The molecule has 0 aromatic carbocycles. The Morgan fingerprint density at radius 2 is 2.14 bits per heavy atom. The highest BCUT2D eigenvalue weighted by atomic mass is 16.5. The molecule has 1 amide bonds. The third-order valence-corrected chi connectivity index (χ3v) is 3.71. The zero-order chi connectivity index (χ0) is 14.7. The molecule has 6 heteroatoms. The Labute approximate surface area is 123 Å². The van der Waals surface area contributed by atoms with Crippen molar-refractivity contribution in [2.75, 3.05) is 26.2 Å². The molecule has 0 bridgehead atoms. The SMILES string of the molecule is CC(=O)N1CCN(Cc2cc(-c3cccnc3)no2)CC1. The molecule has 3 rings (SSSR count). The van der Waals surface area contributed by atoms with Gasteiger partial charge in [0.05, 0.1) is 6.54 Å². The molecule has 2 aromatic heterocycles. The lowest BCUT2D eigenvalue weighted by Gasteiger charge is -2.33. The summed E-state index contributed by atoms with van der Waals surface area (Å²) in [7, 11) is 0. The second-order valence-corrected chi connectivity index (χ2v) is 5.20. The normalized spacial score (nSPS) is 16.1. The number of hydrogen-bond donors (Lipinski definition) is 0. The largest absolute Gasteiger partial charge is 0.359 e. The smallest absolute Gasteiger partial charge is 0.219 e. The van der Waals surface area contributed by atoms with Crippen molar-refractivity contribution >= 4 is 5.91 Å². The standard InChI is InChI=1S/C15H18N4O2/c1-12(20)19-7-5-18(6-8-19)11-14-9-15(17-21-14)13-3-2-4-16-10-13/h2-4,9-10H,5-8,11H2,1H3. The predicted molar refractivity (Wildman–Crippen MR) is 77.3 cm³/mol. The van der Waals surface area contributed by atoms with Gasteiger partial charge in [0.1, 0.15) is 5.69 Å². The van der Waals surface area contributed by atoms with Crippen LogP contribution in [0.2, 0.25) is 0 Å². The summed E-state index contributed by atoms with van der Waals surface area (Å²) in [6.07, 6.45) is 3.51. The van der Waals surface area contributed by atoms with Crippen molar-refractivity contribution in [3.8, 4) is 11.3 Å². The fourth-order valence-electron chi connectivity index (χ4n) is 2.48. The highest BCUT2D eigenvalue weighted by molar-refractivity contribution is 5.73. The second kappa shape index (κ2) is 6.05. The molecule has 3 heterocycles. The van der Waals surface area contributed by atoms with Crippen LogP contribution in [0.25, 0.3) is 11.3 Å². The van der Waals surface area contributed by atoms with Gasteiger partial charge in [-0.05, 0) is 12.1 Å². The first-order valence-corrected chi connectivity index (χ1v) is 7.06. The highest BCUT2D eigenvalue weighted by Gasteiger charge is 2.19. The van der Waals surface area contributed by atoms with E-state index in [4.69, 9.17) is 4.52 Å². The van der Waals surface area contributed by atoms with E-state index in [1.807, 2.05) is 23.1 Å². The third kappa shape index (κ3) is 3.28. The molecule has 0 spiro atoms. The number of pyridine rings is 1. The predicted octanol–water partition coefficient (Wildman–Crippen LogP) is 1.40. The van der Waals surface area contributed by atoms with E-state index in [1.54, 1.807) is 19.3 Å². The van der Waals surface area contributed by atoms with E-state index >= 15 is 0 Å². The first-order chi connectivity index (χ1) is 10.2. The maximum atomic E-state index is 11.3. The number of carbonyl (C=O) groups excluding carboxylic acids is 1. The number of nitrogens with zero attached hydrogens (tertiary/aromatic N) is 4. The molecule has 1 aliphatic heterocycles. The third-order valence-electron chi connectivity index (χ3n) is 3.71. The van der Waals surface area contributed by atoms with Crippen LogP contribution < -0.4 is 0 Å². The van der Waals surface area contributed by atoms with Crippen LogP contribution >= 0.6 is 0 Å². The molecule has 0 atom stereocenters. The number of piperazine rings is 1. The number of hydrogen-bond acceptors (Lipinski definition) is 5. The quantitative estimate of drug-likeness (QED) is 0.853. The van der Waals surface area contributed by atoms with Gasteiger partial charge >= 0.3 is 0 Å². The van der Waals surface area contributed by atoms with Gasteiger partial charge in [0, 0.05) is 57.1 Å². The van der Waals surface area contributed by atoms with E-state index in [1.165, 1.54) is 0 Å². The van der Waals surface area contributed by atoms with Gasteiger partial charge in [0.25, 0.3) is 0 Å². The molecule has 0 unspecified atom stereocenters. The van der Waals surface area contributed by atoms with Gasteiger partial charge in [-0.2, -0.15) is 0 Å². The van der Waals surface area contributed by atoms with E-state index < -0.39 is 0 Å². The Morgan fingerprint density at radius 3 is 2.81 bits per heavy atom. The highest BCUT2D eigenvalue weighted by Crippen LogP contribution is 2.19. The number of rotatable bonds is 3. The zero-order valence-electron chi connectivity index (χ0n) is 12.0. The van der Waals surface area contributed by atoms with Gasteiger partial charge in [-0.1, -0.05) is 5.16 Å². The minimum Gasteiger partial charge on any atom is -0.359 e. The van der Waals surface area contributed by atoms with Gasteiger partial charge in [0.2, 0.25) is 5.91 Å². The second-order valence-electron chi connectivity index (χ2n) is 5.20. The average molecular weight is 286 g/mol. The molecule has 21 heavy (non-hydrogen) atoms. The zero-order valence-corrected chi connectivity index (χ0v) is 12.0. The van der Waals surface area contributed by atoms with Crippen LogP contribution in [0.3, 0.4) is 0 Å². The topological polar surface area (TPSA) is 62.5 Å². The van der Waals surface area contributed by atoms with Crippen LogP contribution in [-0.2, 0) is 11.3 Å². The fourth-order valence-corrected chi connectivity index (χ4v) is 2.48. The van der Waals surface area contributed by atoms with Gasteiger partial charge in [0.15, 0.2) is 5.76 Å². The van der Waals surface area contributed by atoms with Crippen molar-refractivity contribution in [3.63, 3.8) is 0 Å². The summed E-state index contributed by atoms with van der Waals surface area (Å²) in [5.41, 5.74) is 1.76. The van der Waals surface area contributed by atoms with Crippen molar-refractivity contribution in [1.29, 1.82) is 0 Å². The van der Waals surface area contributed by atoms with Gasteiger partial charge < -0.3 is 9.42 Å². The van der Waals surface area contributed by atoms with Crippen LogP contribution in [-0.4, -0.2) is 52.0 Å². The summed E-state index contributed by atoms with van der Waals surface area (Å²) in [5.74, 6) is 0.985. The van der Waals surface area contributed by atoms with Crippen molar-refractivity contribution in [2.45, 2.75) is 13.5 Å². The van der Waals surface area contributed by atoms with Crippen LogP contribution in [0, 0.1) is 0 Å². The summed E-state index contributed by atoms with van der Waals surface area (Å²) in [4.78, 5) is 19.5. The molecule has 0 saturated carbocycles. The summed E-state index contributed by atoms with van der Waals surface area (Å²) < 4.78 is 5.40. The lowest BCUT2D eigenvalue weighted by molar-refractivity contribution is -0.130. The Balaban J connectivity index is 1.60. The van der Waals surface area contributed by atoms with E-state index in [0.717, 1.165) is 49.7 Å². The summed E-state index contributed by atoms with van der Waals surface area (Å²) in [6, 6.07) is 5.79. The summed E-state index contributed by atoms with van der Waals surface area (Å²) in [6.45, 7) is 5.62.